The van der Waals surface area contributed by atoms with Crippen LogP contribution in [0.1, 0.15) is 5.56 Å². The highest BCUT2D eigenvalue weighted by atomic mass is 19.1. The molecule has 3 nitrogen and oxygen atoms in total. The summed E-state index contributed by atoms with van der Waals surface area (Å²) in [4.78, 5) is 10.7. The zero-order valence-corrected chi connectivity index (χ0v) is 8.39. The molecule has 0 aromatic heterocycles. The number of benzene rings is 1. The van der Waals surface area contributed by atoms with Gasteiger partial charge >= 0.3 is 0 Å². The van der Waals surface area contributed by atoms with E-state index in [0.717, 1.165) is 18.2 Å². The Hall–Kier alpha value is -1.93. The van der Waals surface area contributed by atoms with E-state index < -0.39 is 11.6 Å². The van der Waals surface area contributed by atoms with E-state index in [0.29, 0.717) is 0 Å². The Labute approximate surface area is 91.6 Å². The number of halogens is 2. The fourth-order valence-corrected chi connectivity index (χ4v) is 0.948. The molecule has 1 aromatic carbocycles. The minimum absolute atomic E-state index is 0.0398. The summed E-state index contributed by atoms with van der Waals surface area (Å²) in [5.41, 5.74) is 5.00. The number of hydrogen-bond acceptors (Lipinski definition) is 2. The van der Waals surface area contributed by atoms with Gasteiger partial charge in [0.1, 0.15) is 11.6 Å². The van der Waals surface area contributed by atoms with Gasteiger partial charge in [-0.1, -0.05) is 11.8 Å². The van der Waals surface area contributed by atoms with E-state index in [2.05, 4.69) is 17.2 Å². The van der Waals surface area contributed by atoms with Crippen LogP contribution in [-0.4, -0.2) is 19.0 Å². The topological polar surface area (TPSA) is 55.1 Å². The summed E-state index contributed by atoms with van der Waals surface area (Å²) in [6.07, 6.45) is 0. The van der Waals surface area contributed by atoms with Crippen molar-refractivity contribution in [1.82, 2.24) is 5.32 Å². The highest BCUT2D eigenvalue weighted by Gasteiger charge is 1.99. The first kappa shape index (κ1) is 12.1. The molecule has 16 heavy (non-hydrogen) atoms. The molecule has 0 bridgehead atoms. The average Bonchev–Trinajstić information content (AvgIpc) is 2.28. The molecule has 3 N–H and O–H groups in total. The second kappa shape index (κ2) is 5.83. The second-order valence-corrected chi connectivity index (χ2v) is 2.91. The van der Waals surface area contributed by atoms with Crippen LogP contribution in [0.3, 0.4) is 0 Å². The first-order valence-corrected chi connectivity index (χ1v) is 4.54. The van der Waals surface area contributed by atoms with E-state index in [-0.39, 0.29) is 24.6 Å². The Bertz CT molecular complexity index is 449. The number of rotatable bonds is 2. The Morgan fingerprint density at radius 1 is 1.44 bits per heavy atom. The Kier molecular flexibility index (Phi) is 4.42. The number of carbonyl (C=O) groups is 1. The van der Waals surface area contributed by atoms with Gasteiger partial charge in [-0.2, -0.15) is 0 Å². The molecular weight excluding hydrogens is 214 g/mol. The van der Waals surface area contributed by atoms with E-state index in [1.807, 2.05) is 0 Å². The van der Waals surface area contributed by atoms with Gasteiger partial charge in [0.05, 0.1) is 18.7 Å². The summed E-state index contributed by atoms with van der Waals surface area (Å²) in [5.74, 6) is 3.39. The third kappa shape index (κ3) is 3.67. The predicted octanol–water partition coefficient (Wildman–Crippen LogP) is 0.391. The largest absolute Gasteiger partial charge is 0.344 e. The third-order valence-corrected chi connectivity index (χ3v) is 1.71. The van der Waals surface area contributed by atoms with Crippen molar-refractivity contribution >= 4 is 5.91 Å². The lowest BCUT2D eigenvalue weighted by Gasteiger charge is -1.96. The van der Waals surface area contributed by atoms with Crippen LogP contribution in [0.5, 0.6) is 0 Å². The van der Waals surface area contributed by atoms with Crippen molar-refractivity contribution < 1.29 is 13.6 Å². The minimum atomic E-state index is -0.598. The van der Waals surface area contributed by atoms with Gasteiger partial charge in [-0.05, 0) is 18.2 Å². The number of nitrogens with one attached hydrogen (secondary N) is 1. The zero-order valence-electron chi connectivity index (χ0n) is 8.39. The molecule has 1 amide bonds. The summed E-state index contributed by atoms with van der Waals surface area (Å²) in [5, 5.41) is 2.38. The van der Waals surface area contributed by atoms with Gasteiger partial charge in [-0.25, -0.2) is 8.78 Å². The summed E-state index contributed by atoms with van der Waals surface area (Å²) >= 11 is 0. The summed E-state index contributed by atoms with van der Waals surface area (Å²) in [7, 11) is 0. The lowest BCUT2D eigenvalue weighted by Crippen LogP contribution is -2.30. The molecule has 0 unspecified atom stereocenters. The maximum absolute atomic E-state index is 13.0. The van der Waals surface area contributed by atoms with E-state index in [1.54, 1.807) is 0 Å². The Morgan fingerprint density at radius 3 is 2.88 bits per heavy atom. The van der Waals surface area contributed by atoms with Crippen molar-refractivity contribution in [3.05, 3.63) is 35.4 Å². The molecule has 0 aliphatic carbocycles. The lowest BCUT2D eigenvalue weighted by atomic mass is 10.2. The van der Waals surface area contributed by atoms with Crippen LogP contribution >= 0.6 is 0 Å². The van der Waals surface area contributed by atoms with E-state index >= 15 is 0 Å². The molecule has 0 radical (unpaired) electrons. The second-order valence-electron chi connectivity index (χ2n) is 2.91. The molecule has 84 valence electrons. The number of carbonyl (C=O) groups excluding carboxylic acids is 1. The van der Waals surface area contributed by atoms with Gasteiger partial charge in [-0.3, -0.25) is 4.79 Å². The van der Waals surface area contributed by atoms with Gasteiger partial charge < -0.3 is 11.1 Å². The fourth-order valence-electron chi connectivity index (χ4n) is 0.948. The molecule has 1 aromatic rings. The minimum Gasteiger partial charge on any atom is -0.344 e. The van der Waals surface area contributed by atoms with Crippen molar-refractivity contribution in [2.45, 2.75) is 0 Å². The molecule has 0 spiro atoms. The maximum Gasteiger partial charge on any atom is 0.234 e. The van der Waals surface area contributed by atoms with Crippen molar-refractivity contribution in [2.75, 3.05) is 13.1 Å². The zero-order chi connectivity index (χ0) is 12.0. The van der Waals surface area contributed by atoms with Crippen molar-refractivity contribution in [2.24, 2.45) is 5.73 Å². The maximum atomic E-state index is 13.0. The van der Waals surface area contributed by atoms with Crippen molar-refractivity contribution in [3.63, 3.8) is 0 Å². The van der Waals surface area contributed by atoms with Gasteiger partial charge in [0.15, 0.2) is 0 Å². The smallest absolute Gasteiger partial charge is 0.234 e. The molecule has 0 saturated carbocycles. The monoisotopic (exact) mass is 224 g/mol. The third-order valence-electron chi connectivity index (χ3n) is 1.71. The van der Waals surface area contributed by atoms with Crippen LogP contribution in [0.4, 0.5) is 8.78 Å². The van der Waals surface area contributed by atoms with E-state index in [1.165, 1.54) is 0 Å². The molecule has 0 aliphatic heterocycles. The number of amides is 1. The summed E-state index contributed by atoms with van der Waals surface area (Å²) in [6.45, 7) is -0.0814. The Morgan fingerprint density at radius 2 is 2.19 bits per heavy atom. The molecule has 0 atom stereocenters. The molecule has 1 rings (SSSR count). The van der Waals surface area contributed by atoms with Crippen LogP contribution in [0, 0.1) is 23.5 Å². The molecule has 5 heteroatoms. The van der Waals surface area contributed by atoms with Gasteiger partial charge in [-0.15, -0.1) is 0 Å². The fraction of sp³-hybridized carbons (Fsp3) is 0.182. The normalized spacial score (nSPS) is 9.19. The van der Waals surface area contributed by atoms with Crippen LogP contribution < -0.4 is 11.1 Å². The standard InChI is InChI=1S/C11H10F2N2O/c12-9-3-4-10(13)8(6-9)2-1-5-15-11(16)7-14/h3-4,6H,5,7,14H2,(H,15,16). The molecular formula is C11H10F2N2O. The summed E-state index contributed by atoms with van der Waals surface area (Å²) < 4.78 is 25.8. The van der Waals surface area contributed by atoms with Gasteiger partial charge in [0.2, 0.25) is 5.91 Å². The van der Waals surface area contributed by atoms with E-state index in [9.17, 15) is 13.6 Å². The molecule has 0 fully saturated rings. The van der Waals surface area contributed by atoms with Gasteiger partial charge in [0, 0.05) is 0 Å². The first-order chi connectivity index (χ1) is 7.63. The molecule has 0 aliphatic rings. The lowest BCUT2D eigenvalue weighted by molar-refractivity contribution is -0.119. The SMILES string of the molecule is NCC(=O)NCC#Cc1cc(F)ccc1F. The highest BCUT2D eigenvalue weighted by molar-refractivity contribution is 5.77. The average molecular weight is 224 g/mol. The van der Waals surface area contributed by atoms with Crippen LogP contribution in [0.15, 0.2) is 18.2 Å². The highest BCUT2D eigenvalue weighted by Crippen LogP contribution is 2.07. The number of hydrogen-bond donors (Lipinski definition) is 2. The quantitative estimate of drug-likeness (QED) is 0.714. The summed E-state index contributed by atoms with van der Waals surface area (Å²) in [6, 6.07) is 3.00. The van der Waals surface area contributed by atoms with Crippen molar-refractivity contribution in [1.29, 1.82) is 0 Å². The first-order valence-electron chi connectivity index (χ1n) is 4.54. The number of nitrogens with two attached hydrogens (primary N) is 1. The Balaban J connectivity index is 2.62. The van der Waals surface area contributed by atoms with Crippen LogP contribution in [0.25, 0.3) is 0 Å². The molecule has 0 saturated heterocycles. The van der Waals surface area contributed by atoms with Crippen molar-refractivity contribution in [3.8, 4) is 11.8 Å². The van der Waals surface area contributed by atoms with Gasteiger partial charge in [0.25, 0.3) is 0 Å². The van der Waals surface area contributed by atoms with Crippen LogP contribution in [0.2, 0.25) is 0 Å². The van der Waals surface area contributed by atoms with E-state index in [4.69, 9.17) is 5.73 Å². The van der Waals surface area contributed by atoms with Crippen LogP contribution in [-0.2, 0) is 4.79 Å². The molecule has 0 heterocycles. The predicted molar refractivity (Wildman–Crippen MR) is 55.3 cm³/mol.